The standard InChI is InChI=1S/C25H34O3/c1-2-3-4-5-6-7-14-19-25(26)28-21-24(23-17-12-9-13-18-23)27-20-22-15-10-8-11-16-22/h8-13,15-18,24H,2-7,14,19-21H2,1H3. The second kappa shape index (κ2) is 14.0. The molecule has 3 heteroatoms. The van der Waals surface area contributed by atoms with Crippen molar-refractivity contribution < 1.29 is 14.3 Å². The summed E-state index contributed by atoms with van der Waals surface area (Å²) in [6.45, 7) is 2.98. The van der Waals surface area contributed by atoms with Gasteiger partial charge in [-0.25, -0.2) is 0 Å². The van der Waals surface area contributed by atoms with Gasteiger partial charge in [-0.2, -0.15) is 0 Å². The van der Waals surface area contributed by atoms with Crippen LogP contribution in [0.4, 0.5) is 0 Å². The Balaban J connectivity index is 1.73. The Morgan fingerprint density at radius 2 is 1.43 bits per heavy atom. The first kappa shape index (κ1) is 22.2. The van der Waals surface area contributed by atoms with E-state index in [2.05, 4.69) is 6.92 Å². The maximum absolute atomic E-state index is 12.1. The quantitative estimate of drug-likeness (QED) is 0.272. The molecule has 0 spiro atoms. The van der Waals surface area contributed by atoms with Crippen LogP contribution in [0.25, 0.3) is 0 Å². The van der Waals surface area contributed by atoms with E-state index in [9.17, 15) is 4.79 Å². The number of rotatable bonds is 14. The van der Waals surface area contributed by atoms with E-state index in [4.69, 9.17) is 9.47 Å². The number of hydrogen-bond donors (Lipinski definition) is 0. The highest BCUT2D eigenvalue weighted by Crippen LogP contribution is 2.20. The molecule has 2 aromatic carbocycles. The van der Waals surface area contributed by atoms with Crippen LogP contribution < -0.4 is 0 Å². The molecule has 0 radical (unpaired) electrons. The third-order valence-corrected chi connectivity index (χ3v) is 4.85. The normalized spacial score (nSPS) is 11.9. The van der Waals surface area contributed by atoms with Crippen molar-refractivity contribution in [1.82, 2.24) is 0 Å². The molecule has 2 aromatic rings. The molecule has 0 aliphatic rings. The summed E-state index contributed by atoms with van der Waals surface area (Å²) in [5.74, 6) is -0.127. The highest BCUT2D eigenvalue weighted by molar-refractivity contribution is 5.69. The molecule has 0 saturated carbocycles. The average molecular weight is 383 g/mol. The van der Waals surface area contributed by atoms with Gasteiger partial charge >= 0.3 is 5.97 Å². The molecule has 0 bridgehead atoms. The molecule has 0 aliphatic heterocycles. The SMILES string of the molecule is CCCCCCCCCC(=O)OCC(OCc1ccccc1)c1ccccc1. The summed E-state index contributed by atoms with van der Waals surface area (Å²) in [6.07, 6.45) is 8.61. The number of ether oxygens (including phenoxy) is 2. The molecule has 0 aromatic heterocycles. The van der Waals surface area contributed by atoms with Crippen molar-refractivity contribution in [3.63, 3.8) is 0 Å². The summed E-state index contributed by atoms with van der Waals surface area (Å²) in [4.78, 5) is 12.1. The maximum Gasteiger partial charge on any atom is 0.305 e. The van der Waals surface area contributed by atoms with Gasteiger partial charge in [0.25, 0.3) is 0 Å². The highest BCUT2D eigenvalue weighted by Gasteiger charge is 2.15. The largest absolute Gasteiger partial charge is 0.463 e. The molecule has 0 heterocycles. The van der Waals surface area contributed by atoms with Crippen LogP contribution in [0.3, 0.4) is 0 Å². The Hall–Kier alpha value is -2.13. The fourth-order valence-electron chi connectivity index (χ4n) is 3.15. The van der Waals surface area contributed by atoms with Gasteiger partial charge < -0.3 is 9.47 Å². The van der Waals surface area contributed by atoms with Gasteiger partial charge in [0.2, 0.25) is 0 Å². The van der Waals surface area contributed by atoms with Crippen LogP contribution in [0.1, 0.15) is 75.5 Å². The fraction of sp³-hybridized carbons (Fsp3) is 0.480. The zero-order valence-corrected chi connectivity index (χ0v) is 17.1. The molecule has 28 heavy (non-hydrogen) atoms. The molecule has 0 saturated heterocycles. The smallest absolute Gasteiger partial charge is 0.305 e. The Bertz CT molecular complexity index is 639. The van der Waals surface area contributed by atoms with E-state index in [0.717, 1.165) is 24.0 Å². The third kappa shape index (κ3) is 9.18. The van der Waals surface area contributed by atoms with E-state index >= 15 is 0 Å². The second-order valence-electron chi connectivity index (χ2n) is 7.25. The Kier molecular flexibility index (Phi) is 11.0. The topological polar surface area (TPSA) is 35.5 Å². The molecule has 1 atom stereocenters. The van der Waals surface area contributed by atoms with E-state index in [0.29, 0.717) is 13.0 Å². The van der Waals surface area contributed by atoms with Crippen LogP contribution >= 0.6 is 0 Å². The van der Waals surface area contributed by atoms with E-state index in [1.165, 1.54) is 32.1 Å². The average Bonchev–Trinajstić information content (AvgIpc) is 2.74. The van der Waals surface area contributed by atoms with Crippen molar-refractivity contribution in [2.45, 2.75) is 71.0 Å². The molecule has 0 amide bonds. The minimum atomic E-state index is -0.251. The maximum atomic E-state index is 12.1. The van der Waals surface area contributed by atoms with Gasteiger partial charge in [-0.3, -0.25) is 4.79 Å². The summed E-state index contributed by atoms with van der Waals surface area (Å²) in [5, 5.41) is 0. The lowest BCUT2D eigenvalue weighted by Gasteiger charge is -2.18. The molecule has 0 N–H and O–H groups in total. The van der Waals surface area contributed by atoms with Crippen LogP contribution in [-0.2, 0) is 20.9 Å². The molecule has 1 unspecified atom stereocenters. The first-order valence-corrected chi connectivity index (χ1v) is 10.7. The van der Waals surface area contributed by atoms with Crippen molar-refractivity contribution in [3.05, 3.63) is 71.8 Å². The fourth-order valence-corrected chi connectivity index (χ4v) is 3.15. The predicted octanol–water partition coefficient (Wildman–Crippen LogP) is 6.63. The monoisotopic (exact) mass is 382 g/mol. The van der Waals surface area contributed by atoms with E-state index in [1.807, 2.05) is 60.7 Å². The van der Waals surface area contributed by atoms with Crippen molar-refractivity contribution in [3.8, 4) is 0 Å². The van der Waals surface area contributed by atoms with Crippen LogP contribution in [-0.4, -0.2) is 12.6 Å². The van der Waals surface area contributed by atoms with Gasteiger partial charge in [0.15, 0.2) is 0 Å². The Morgan fingerprint density at radius 1 is 0.821 bits per heavy atom. The van der Waals surface area contributed by atoms with E-state index in [-0.39, 0.29) is 18.7 Å². The number of hydrogen-bond acceptors (Lipinski definition) is 3. The lowest BCUT2D eigenvalue weighted by molar-refractivity contribution is -0.148. The third-order valence-electron chi connectivity index (χ3n) is 4.85. The number of carbonyl (C=O) groups excluding carboxylic acids is 1. The number of carbonyl (C=O) groups is 1. The van der Waals surface area contributed by atoms with Crippen molar-refractivity contribution in [1.29, 1.82) is 0 Å². The Morgan fingerprint density at radius 3 is 2.11 bits per heavy atom. The van der Waals surface area contributed by atoms with Crippen molar-refractivity contribution >= 4 is 5.97 Å². The van der Waals surface area contributed by atoms with Crippen LogP contribution in [0.15, 0.2) is 60.7 Å². The Labute approximate surface area is 170 Å². The van der Waals surface area contributed by atoms with Gasteiger partial charge in [-0.05, 0) is 17.5 Å². The minimum Gasteiger partial charge on any atom is -0.463 e. The van der Waals surface area contributed by atoms with Crippen molar-refractivity contribution in [2.75, 3.05) is 6.61 Å². The summed E-state index contributed by atoms with van der Waals surface area (Å²) in [7, 11) is 0. The van der Waals surface area contributed by atoms with E-state index in [1.54, 1.807) is 0 Å². The lowest BCUT2D eigenvalue weighted by atomic mass is 10.1. The van der Waals surface area contributed by atoms with Gasteiger partial charge in [0, 0.05) is 6.42 Å². The van der Waals surface area contributed by atoms with Gasteiger partial charge in [0.05, 0.1) is 6.61 Å². The summed E-state index contributed by atoms with van der Waals surface area (Å²) in [5.41, 5.74) is 2.14. The predicted molar refractivity (Wildman–Crippen MR) is 114 cm³/mol. The lowest BCUT2D eigenvalue weighted by Crippen LogP contribution is -2.15. The molecule has 0 aliphatic carbocycles. The number of unbranched alkanes of at least 4 members (excludes halogenated alkanes) is 6. The van der Waals surface area contributed by atoms with Gasteiger partial charge in [-0.1, -0.05) is 106 Å². The molecular weight excluding hydrogens is 348 g/mol. The second-order valence-corrected chi connectivity index (χ2v) is 7.25. The number of esters is 1. The van der Waals surface area contributed by atoms with Crippen LogP contribution in [0.2, 0.25) is 0 Å². The zero-order valence-electron chi connectivity index (χ0n) is 17.1. The highest BCUT2D eigenvalue weighted by atomic mass is 16.6. The first-order chi connectivity index (χ1) is 13.8. The van der Waals surface area contributed by atoms with Crippen LogP contribution in [0.5, 0.6) is 0 Å². The molecular formula is C25H34O3. The molecule has 2 rings (SSSR count). The summed E-state index contributed by atoms with van der Waals surface area (Å²) in [6, 6.07) is 20.0. The molecule has 0 fully saturated rings. The van der Waals surface area contributed by atoms with Gasteiger partial charge in [-0.15, -0.1) is 0 Å². The van der Waals surface area contributed by atoms with E-state index < -0.39 is 0 Å². The minimum absolute atomic E-state index is 0.127. The number of benzene rings is 2. The van der Waals surface area contributed by atoms with Crippen molar-refractivity contribution in [2.24, 2.45) is 0 Å². The first-order valence-electron chi connectivity index (χ1n) is 10.7. The summed E-state index contributed by atoms with van der Waals surface area (Å²) < 4.78 is 11.6. The van der Waals surface area contributed by atoms with Gasteiger partial charge in [0.1, 0.15) is 12.7 Å². The summed E-state index contributed by atoms with van der Waals surface area (Å²) >= 11 is 0. The van der Waals surface area contributed by atoms with Crippen LogP contribution in [0, 0.1) is 0 Å². The molecule has 3 nitrogen and oxygen atoms in total. The molecule has 152 valence electrons. The zero-order chi connectivity index (χ0) is 19.9.